The van der Waals surface area contributed by atoms with Gasteiger partial charge in [0.1, 0.15) is 11.6 Å². The van der Waals surface area contributed by atoms with Crippen LogP contribution in [0.5, 0.6) is 5.75 Å². The second-order valence-corrected chi connectivity index (χ2v) is 10.7. The highest BCUT2D eigenvalue weighted by molar-refractivity contribution is 7.17. The Bertz CT molecular complexity index is 1460. The molecule has 0 atom stereocenters. The average molecular weight is 533 g/mol. The zero-order valence-electron chi connectivity index (χ0n) is 22.1. The van der Waals surface area contributed by atoms with E-state index in [0.717, 1.165) is 63.8 Å². The monoisotopic (exact) mass is 532 g/mol. The van der Waals surface area contributed by atoms with E-state index >= 15 is 0 Å². The van der Waals surface area contributed by atoms with Gasteiger partial charge in [0.15, 0.2) is 0 Å². The summed E-state index contributed by atoms with van der Waals surface area (Å²) < 4.78 is 22.9. The van der Waals surface area contributed by atoms with Crippen LogP contribution in [0.1, 0.15) is 57.2 Å². The number of aromatic nitrogens is 3. The van der Waals surface area contributed by atoms with E-state index in [1.165, 1.54) is 18.2 Å². The van der Waals surface area contributed by atoms with Crippen LogP contribution in [0.4, 0.5) is 4.39 Å². The molecule has 0 aliphatic carbocycles. The van der Waals surface area contributed by atoms with Crippen molar-refractivity contribution < 1.29 is 13.9 Å². The molecule has 198 valence electrons. The first-order valence-corrected chi connectivity index (χ1v) is 14.1. The fourth-order valence-corrected chi connectivity index (χ4v) is 6.36. The number of carbonyl (C=O) groups is 1. The van der Waals surface area contributed by atoms with Gasteiger partial charge in [-0.15, -0.1) is 11.3 Å². The highest BCUT2D eigenvalue weighted by Crippen LogP contribution is 2.46. The van der Waals surface area contributed by atoms with Crippen LogP contribution in [0.25, 0.3) is 32.5 Å². The zero-order chi connectivity index (χ0) is 26.8. The van der Waals surface area contributed by atoms with Crippen molar-refractivity contribution in [3.8, 4) is 28.1 Å². The van der Waals surface area contributed by atoms with Crippen LogP contribution in [0.2, 0.25) is 0 Å². The molecular formula is C30H33FN4O2S. The molecule has 1 saturated heterocycles. The number of halogens is 1. The van der Waals surface area contributed by atoms with E-state index < -0.39 is 0 Å². The molecule has 1 aliphatic heterocycles. The lowest BCUT2D eigenvalue weighted by Gasteiger charge is -2.38. The fraction of sp³-hybridized carbons (Fsp3) is 0.367. The molecule has 4 aromatic rings. The largest absolute Gasteiger partial charge is 0.496 e. The van der Waals surface area contributed by atoms with Crippen LogP contribution in [0, 0.1) is 5.82 Å². The Balaban J connectivity index is 1.68. The summed E-state index contributed by atoms with van der Waals surface area (Å²) in [5.74, 6) is 0.414. The lowest BCUT2D eigenvalue weighted by Crippen LogP contribution is -2.50. The number of hydrogen-bond acceptors (Lipinski definition) is 5. The van der Waals surface area contributed by atoms with Gasteiger partial charge in [0, 0.05) is 58.0 Å². The van der Waals surface area contributed by atoms with Gasteiger partial charge in [-0.25, -0.2) is 4.39 Å². The molecule has 8 heteroatoms. The minimum absolute atomic E-state index is 0.0633. The molecule has 0 bridgehead atoms. The molecule has 1 aliphatic rings. The summed E-state index contributed by atoms with van der Waals surface area (Å²) >= 11 is 1.67. The number of carbonyl (C=O) groups excluding carboxylic acids is 1. The van der Waals surface area contributed by atoms with Crippen molar-refractivity contribution in [2.75, 3.05) is 20.2 Å². The molecule has 3 aromatic heterocycles. The average Bonchev–Trinajstić information content (AvgIpc) is 3.57. The van der Waals surface area contributed by atoms with E-state index in [2.05, 4.69) is 37.0 Å². The lowest BCUT2D eigenvalue weighted by molar-refractivity contribution is -0.131. The van der Waals surface area contributed by atoms with Crippen LogP contribution >= 0.6 is 11.3 Å². The number of nitrogens with zero attached hydrogens (tertiary/aromatic N) is 4. The van der Waals surface area contributed by atoms with E-state index in [9.17, 15) is 9.18 Å². The van der Waals surface area contributed by atoms with Crippen molar-refractivity contribution in [1.82, 2.24) is 19.7 Å². The second kappa shape index (κ2) is 11.1. The van der Waals surface area contributed by atoms with Gasteiger partial charge in [0.25, 0.3) is 0 Å². The van der Waals surface area contributed by atoms with Gasteiger partial charge in [-0.2, -0.15) is 5.10 Å². The van der Waals surface area contributed by atoms with Gasteiger partial charge in [-0.3, -0.25) is 14.5 Å². The number of likely N-dealkylation sites (tertiary alicyclic amines) is 1. The molecule has 4 heterocycles. The maximum Gasteiger partial charge on any atom is 0.246 e. The van der Waals surface area contributed by atoms with Crippen LogP contribution in [0.15, 0.2) is 54.7 Å². The molecule has 38 heavy (non-hydrogen) atoms. The maximum atomic E-state index is 14.2. The number of methoxy groups -OCH3 is 1. The van der Waals surface area contributed by atoms with E-state index in [1.54, 1.807) is 29.4 Å². The molecule has 6 nitrogen and oxygen atoms in total. The summed E-state index contributed by atoms with van der Waals surface area (Å²) in [6.07, 6.45) is 9.51. The molecule has 1 amide bonds. The van der Waals surface area contributed by atoms with Gasteiger partial charge < -0.3 is 9.64 Å². The number of ether oxygens (including phenoxy) is 1. The van der Waals surface area contributed by atoms with E-state index in [0.29, 0.717) is 24.8 Å². The number of rotatable bonds is 10. The van der Waals surface area contributed by atoms with Crippen LogP contribution in [-0.2, 0) is 4.79 Å². The number of thiophene rings is 1. The molecule has 0 spiro atoms. The third-order valence-corrected chi connectivity index (χ3v) is 8.26. The third-order valence-electron chi connectivity index (χ3n) is 7.33. The van der Waals surface area contributed by atoms with Gasteiger partial charge in [-0.05, 0) is 42.5 Å². The van der Waals surface area contributed by atoms with E-state index in [-0.39, 0.29) is 17.8 Å². The number of pyridine rings is 1. The number of benzene rings is 1. The molecule has 0 N–H and O–H groups in total. The second-order valence-electron chi connectivity index (χ2n) is 9.81. The van der Waals surface area contributed by atoms with E-state index in [4.69, 9.17) is 9.72 Å². The van der Waals surface area contributed by atoms with Crippen LogP contribution in [0.3, 0.4) is 0 Å². The Labute approximate surface area is 226 Å². The highest BCUT2D eigenvalue weighted by atomic mass is 32.1. The zero-order valence-corrected chi connectivity index (χ0v) is 22.9. The lowest BCUT2D eigenvalue weighted by atomic mass is 9.90. The Hall–Kier alpha value is -3.52. The molecule has 0 unspecified atom stereocenters. The first kappa shape index (κ1) is 26.1. The summed E-state index contributed by atoms with van der Waals surface area (Å²) in [5.41, 5.74) is 4.56. The first-order valence-electron chi connectivity index (χ1n) is 13.2. The highest BCUT2D eigenvalue weighted by Gasteiger charge is 2.32. The molecule has 1 aromatic carbocycles. The molecular weight excluding hydrogens is 499 g/mol. The fourth-order valence-electron chi connectivity index (χ4n) is 5.40. The SMILES string of the molecule is C=CC(=O)N1CC(n2cc(-c3nc(C(CCC)CCC)c4ccsc4c3-c3ccc(F)cc3OC)cn2)C1. The summed E-state index contributed by atoms with van der Waals surface area (Å²) in [6, 6.07) is 6.93. The van der Waals surface area contributed by atoms with E-state index in [1.807, 2.05) is 17.1 Å². The van der Waals surface area contributed by atoms with Gasteiger partial charge >= 0.3 is 0 Å². The number of fused-ring (bicyclic) bond motifs is 1. The smallest absolute Gasteiger partial charge is 0.246 e. The number of hydrogen-bond donors (Lipinski definition) is 0. The van der Waals surface area contributed by atoms with Crippen molar-refractivity contribution in [3.63, 3.8) is 0 Å². The summed E-state index contributed by atoms with van der Waals surface area (Å²) in [7, 11) is 1.56. The Morgan fingerprint density at radius 3 is 2.71 bits per heavy atom. The minimum atomic E-state index is -0.346. The Morgan fingerprint density at radius 1 is 1.26 bits per heavy atom. The third kappa shape index (κ3) is 4.73. The minimum Gasteiger partial charge on any atom is -0.496 e. The molecule has 1 fully saturated rings. The summed E-state index contributed by atoms with van der Waals surface area (Å²) in [5, 5.41) is 7.92. The van der Waals surface area contributed by atoms with Gasteiger partial charge in [0.05, 0.1) is 30.7 Å². The van der Waals surface area contributed by atoms with Crippen LogP contribution < -0.4 is 4.74 Å². The normalized spacial score (nSPS) is 13.8. The Morgan fingerprint density at radius 2 is 2.03 bits per heavy atom. The topological polar surface area (TPSA) is 60.2 Å². The maximum absolute atomic E-state index is 14.2. The Kier molecular flexibility index (Phi) is 7.61. The van der Waals surface area contributed by atoms with Crippen LogP contribution in [-0.4, -0.2) is 45.8 Å². The van der Waals surface area contributed by atoms with Crippen molar-refractivity contribution >= 4 is 27.3 Å². The molecule has 5 rings (SSSR count). The first-order chi connectivity index (χ1) is 18.5. The summed E-state index contributed by atoms with van der Waals surface area (Å²) in [4.78, 5) is 19.0. The van der Waals surface area contributed by atoms with Gasteiger partial charge in [-0.1, -0.05) is 33.3 Å². The predicted molar refractivity (Wildman–Crippen MR) is 151 cm³/mol. The van der Waals surface area contributed by atoms with Crippen molar-refractivity contribution in [2.45, 2.75) is 51.5 Å². The van der Waals surface area contributed by atoms with Crippen molar-refractivity contribution in [3.05, 3.63) is 66.2 Å². The standard InChI is InChI=1S/C30H33FN4O2S/c1-5-8-19(9-6-2)28-24-12-13-38-30(24)27(23-11-10-21(31)14-25(23)37-4)29(33-28)20-15-32-35(16-20)22-17-34(18-22)26(36)7-3/h7,10-16,19,22H,3,5-6,8-9,17-18H2,1-2,4H3. The predicted octanol–water partition coefficient (Wildman–Crippen LogP) is 7.23. The molecule has 0 saturated carbocycles. The van der Waals surface area contributed by atoms with Crippen molar-refractivity contribution in [2.24, 2.45) is 0 Å². The number of amides is 1. The van der Waals surface area contributed by atoms with Gasteiger partial charge in [0.2, 0.25) is 5.91 Å². The summed E-state index contributed by atoms with van der Waals surface area (Å²) in [6.45, 7) is 9.21. The van der Waals surface area contributed by atoms with Crippen molar-refractivity contribution in [1.29, 1.82) is 0 Å². The quantitative estimate of drug-likeness (QED) is 0.202. The molecule has 0 radical (unpaired) electrons.